The maximum Gasteiger partial charge on any atom is 0.320 e. The molecular weight excluding hydrogens is 248 g/mol. The number of hydrogen-bond donors (Lipinski definition) is 0. The molecule has 0 radical (unpaired) electrons. The maximum atomic E-state index is 5.73. The van der Waals surface area contributed by atoms with E-state index in [0.717, 1.165) is 10.8 Å². The Morgan fingerprint density at radius 3 is 1.94 bits per heavy atom. The average Bonchev–Trinajstić information content (AvgIpc) is 2.31. The fourth-order valence-corrected chi connectivity index (χ4v) is 5.56. The Balaban J connectivity index is 3.44. The van der Waals surface area contributed by atoms with Gasteiger partial charge in [-0.05, 0) is 17.7 Å². The van der Waals surface area contributed by atoms with Crippen LogP contribution in [0, 0.1) is 41.9 Å². The lowest BCUT2D eigenvalue weighted by Gasteiger charge is -2.16. The number of hydrogen-bond acceptors (Lipinski definition) is 0. The standard InChI is InChI=1S/C16H18Si2/c1-7-18(8-2,14-13-17(4,5)6)16-12-10-9-11-15(16)3/h1-2,9-12H,3-6H3. The second kappa shape index (κ2) is 5.32. The summed E-state index contributed by atoms with van der Waals surface area (Å²) in [5, 5.41) is 1.08. The Labute approximate surface area is 113 Å². The smallest absolute Gasteiger partial charge is 0.136 e. The highest BCUT2D eigenvalue weighted by Gasteiger charge is 2.31. The molecule has 0 N–H and O–H groups in total. The molecule has 2 heteroatoms. The first-order chi connectivity index (χ1) is 8.34. The number of terminal acetylenes is 2. The Hall–Kier alpha value is -1.67. The molecule has 0 bridgehead atoms. The van der Waals surface area contributed by atoms with Crippen molar-refractivity contribution in [2.75, 3.05) is 0 Å². The lowest BCUT2D eigenvalue weighted by Crippen LogP contribution is -2.46. The lowest BCUT2D eigenvalue weighted by atomic mass is 10.2. The van der Waals surface area contributed by atoms with Gasteiger partial charge in [-0.25, -0.2) is 0 Å². The minimum atomic E-state index is -2.54. The predicted molar refractivity (Wildman–Crippen MR) is 85.4 cm³/mol. The second-order valence-corrected chi connectivity index (χ2v) is 13.0. The lowest BCUT2D eigenvalue weighted by molar-refractivity contribution is 1.51. The van der Waals surface area contributed by atoms with Crippen molar-refractivity contribution in [2.45, 2.75) is 26.6 Å². The van der Waals surface area contributed by atoms with E-state index in [2.05, 4.69) is 41.8 Å². The van der Waals surface area contributed by atoms with Crippen molar-refractivity contribution in [2.24, 2.45) is 0 Å². The highest BCUT2D eigenvalue weighted by atomic mass is 28.3. The topological polar surface area (TPSA) is 0 Å². The minimum absolute atomic E-state index is 1.08. The normalized spacial score (nSPS) is 10.8. The van der Waals surface area contributed by atoms with Gasteiger partial charge in [-0.3, -0.25) is 0 Å². The molecule has 0 spiro atoms. The maximum absolute atomic E-state index is 5.73. The van der Waals surface area contributed by atoms with E-state index in [-0.39, 0.29) is 0 Å². The summed E-state index contributed by atoms with van der Waals surface area (Å²) in [7, 11) is -4.01. The Morgan fingerprint density at radius 1 is 0.944 bits per heavy atom. The molecule has 0 saturated carbocycles. The Bertz CT molecular complexity index is 566. The first-order valence-electron chi connectivity index (χ1n) is 5.90. The molecule has 0 saturated heterocycles. The molecule has 0 aromatic heterocycles. The molecule has 90 valence electrons. The van der Waals surface area contributed by atoms with Crippen LogP contribution in [0.5, 0.6) is 0 Å². The third-order valence-electron chi connectivity index (χ3n) is 2.61. The zero-order chi connectivity index (χ0) is 13.8. The highest BCUT2D eigenvalue weighted by Crippen LogP contribution is 2.06. The first-order valence-corrected chi connectivity index (χ1v) is 11.4. The van der Waals surface area contributed by atoms with E-state index in [9.17, 15) is 0 Å². The van der Waals surface area contributed by atoms with Crippen LogP contribution < -0.4 is 5.19 Å². The van der Waals surface area contributed by atoms with Crippen LogP contribution in [0.1, 0.15) is 5.56 Å². The van der Waals surface area contributed by atoms with Crippen molar-refractivity contribution in [1.82, 2.24) is 0 Å². The average molecular weight is 266 g/mol. The van der Waals surface area contributed by atoms with Crippen molar-refractivity contribution < 1.29 is 0 Å². The van der Waals surface area contributed by atoms with Gasteiger partial charge in [0.1, 0.15) is 8.07 Å². The van der Waals surface area contributed by atoms with Crippen LogP contribution in [-0.4, -0.2) is 16.1 Å². The molecule has 0 heterocycles. The fraction of sp³-hybridized carbons (Fsp3) is 0.250. The Morgan fingerprint density at radius 2 is 1.50 bits per heavy atom. The van der Waals surface area contributed by atoms with Crippen molar-refractivity contribution in [3.8, 4) is 35.0 Å². The van der Waals surface area contributed by atoms with Gasteiger partial charge in [-0.15, -0.1) is 23.9 Å². The van der Waals surface area contributed by atoms with Crippen LogP contribution in [-0.2, 0) is 0 Å². The number of benzene rings is 1. The molecule has 0 aliphatic carbocycles. The van der Waals surface area contributed by atoms with Crippen LogP contribution >= 0.6 is 0 Å². The predicted octanol–water partition coefficient (Wildman–Crippen LogP) is 2.42. The molecule has 0 aliphatic rings. The third kappa shape index (κ3) is 3.17. The molecule has 0 unspecified atom stereocenters. The van der Waals surface area contributed by atoms with E-state index in [1.54, 1.807) is 0 Å². The van der Waals surface area contributed by atoms with E-state index in [1.165, 1.54) is 0 Å². The summed E-state index contributed by atoms with van der Waals surface area (Å²) in [6.07, 6.45) is 11.5. The summed E-state index contributed by atoms with van der Waals surface area (Å²) < 4.78 is 0. The first kappa shape index (κ1) is 14.4. The monoisotopic (exact) mass is 266 g/mol. The third-order valence-corrected chi connectivity index (χ3v) is 6.47. The van der Waals surface area contributed by atoms with Crippen molar-refractivity contribution in [3.05, 3.63) is 29.8 Å². The van der Waals surface area contributed by atoms with Gasteiger partial charge in [0.15, 0.2) is 0 Å². The molecule has 0 aliphatic heterocycles. The molecule has 1 rings (SSSR count). The summed E-state index contributed by atoms with van der Waals surface area (Å²) >= 11 is 0. The second-order valence-electron chi connectivity index (χ2n) is 5.35. The van der Waals surface area contributed by atoms with Crippen LogP contribution in [0.2, 0.25) is 19.6 Å². The van der Waals surface area contributed by atoms with Gasteiger partial charge in [0.05, 0.1) is 0 Å². The summed E-state index contributed by atoms with van der Waals surface area (Å²) in [4.78, 5) is 0. The number of aryl methyl sites for hydroxylation is 1. The molecule has 1 aromatic carbocycles. The van der Waals surface area contributed by atoms with Crippen LogP contribution in [0.4, 0.5) is 0 Å². The van der Waals surface area contributed by atoms with Gasteiger partial charge in [0, 0.05) is 0 Å². The fourth-order valence-electron chi connectivity index (χ4n) is 1.61. The van der Waals surface area contributed by atoms with Crippen molar-refractivity contribution >= 4 is 21.3 Å². The summed E-state index contributed by atoms with van der Waals surface area (Å²) in [6, 6.07) is 8.05. The summed E-state index contributed by atoms with van der Waals surface area (Å²) in [5.74, 6) is 0. The molecule has 18 heavy (non-hydrogen) atoms. The van der Waals surface area contributed by atoms with Gasteiger partial charge in [0.2, 0.25) is 0 Å². The van der Waals surface area contributed by atoms with Crippen LogP contribution in [0.15, 0.2) is 24.3 Å². The van der Waals surface area contributed by atoms with E-state index in [1.807, 2.05) is 31.2 Å². The minimum Gasteiger partial charge on any atom is -0.136 e. The van der Waals surface area contributed by atoms with Crippen molar-refractivity contribution in [3.63, 3.8) is 0 Å². The molecular formula is C16H18Si2. The van der Waals surface area contributed by atoms with Gasteiger partial charge in [-0.1, -0.05) is 55.0 Å². The van der Waals surface area contributed by atoms with E-state index in [0.29, 0.717) is 0 Å². The zero-order valence-electron chi connectivity index (χ0n) is 11.5. The molecule has 0 amide bonds. The summed E-state index contributed by atoms with van der Waals surface area (Å²) in [6.45, 7) is 8.64. The SMILES string of the molecule is C#C[Si](C#C)(C#C[Si](C)(C)C)c1ccccc1C. The van der Waals surface area contributed by atoms with Crippen molar-refractivity contribution in [1.29, 1.82) is 0 Å². The van der Waals surface area contributed by atoms with Gasteiger partial charge < -0.3 is 0 Å². The van der Waals surface area contributed by atoms with Crippen LogP contribution in [0.25, 0.3) is 0 Å². The Kier molecular flexibility index (Phi) is 4.25. The van der Waals surface area contributed by atoms with E-state index >= 15 is 0 Å². The zero-order valence-corrected chi connectivity index (χ0v) is 13.5. The molecule has 0 nitrogen and oxygen atoms in total. The highest BCUT2D eigenvalue weighted by molar-refractivity contribution is 7.11. The van der Waals surface area contributed by atoms with Gasteiger partial charge in [-0.2, -0.15) is 0 Å². The largest absolute Gasteiger partial charge is 0.320 e. The molecule has 1 aromatic rings. The number of rotatable bonds is 1. The quantitative estimate of drug-likeness (QED) is 0.541. The van der Waals surface area contributed by atoms with Gasteiger partial charge in [0.25, 0.3) is 0 Å². The molecule has 0 atom stereocenters. The molecule has 0 fully saturated rings. The van der Waals surface area contributed by atoms with Gasteiger partial charge >= 0.3 is 8.07 Å². The van der Waals surface area contributed by atoms with E-state index in [4.69, 9.17) is 12.8 Å². The van der Waals surface area contributed by atoms with Crippen LogP contribution in [0.3, 0.4) is 0 Å². The summed E-state index contributed by atoms with van der Waals surface area (Å²) in [5.41, 5.74) is 13.5. The van der Waals surface area contributed by atoms with E-state index < -0.39 is 16.1 Å².